The summed E-state index contributed by atoms with van der Waals surface area (Å²) in [6.45, 7) is 7.67. The third-order valence-corrected chi connectivity index (χ3v) is 3.06. The SMILES string of the molecule is CC(Nc1c(N)cnc2ccccc12)C(=O)NC(C)(C)C. The molecule has 5 nitrogen and oxygen atoms in total. The number of anilines is 2. The Kier molecular flexibility index (Phi) is 4.02. The number of pyridine rings is 1. The van der Waals surface area contributed by atoms with E-state index in [9.17, 15) is 4.79 Å². The summed E-state index contributed by atoms with van der Waals surface area (Å²) in [5.41, 5.74) is 7.86. The molecule has 4 N–H and O–H groups in total. The fraction of sp³-hybridized carbons (Fsp3) is 0.375. The van der Waals surface area contributed by atoms with Crippen molar-refractivity contribution in [2.24, 2.45) is 0 Å². The number of hydrogen-bond donors (Lipinski definition) is 3. The van der Waals surface area contributed by atoms with Gasteiger partial charge in [0, 0.05) is 10.9 Å². The number of nitrogens with two attached hydrogens (primary N) is 1. The number of nitrogens with zero attached hydrogens (tertiary/aromatic N) is 1. The highest BCUT2D eigenvalue weighted by molar-refractivity contribution is 5.98. The molecule has 0 spiro atoms. The van der Waals surface area contributed by atoms with E-state index >= 15 is 0 Å². The van der Waals surface area contributed by atoms with Crippen LogP contribution in [0.4, 0.5) is 11.4 Å². The van der Waals surface area contributed by atoms with E-state index in [4.69, 9.17) is 5.73 Å². The predicted molar refractivity (Wildman–Crippen MR) is 87.1 cm³/mol. The summed E-state index contributed by atoms with van der Waals surface area (Å²) in [5.74, 6) is -0.0669. The van der Waals surface area contributed by atoms with Crippen molar-refractivity contribution in [2.45, 2.75) is 39.3 Å². The molecule has 1 unspecified atom stereocenters. The van der Waals surface area contributed by atoms with Crippen molar-refractivity contribution >= 4 is 28.2 Å². The van der Waals surface area contributed by atoms with Crippen molar-refractivity contribution in [1.29, 1.82) is 0 Å². The summed E-state index contributed by atoms with van der Waals surface area (Å²) in [6.07, 6.45) is 1.61. The van der Waals surface area contributed by atoms with Gasteiger partial charge < -0.3 is 16.4 Å². The molecule has 0 bridgehead atoms. The molecule has 0 aliphatic carbocycles. The summed E-state index contributed by atoms with van der Waals surface area (Å²) >= 11 is 0. The Labute approximate surface area is 124 Å². The molecule has 5 heteroatoms. The Morgan fingerprint density at radius 1 is 1.29 bits per heavy atom. The lowest BCUT2D eigenvalue weighted by Gasteiger charge is -2.24. The lowest BCUT2D eigenvalue weighted by atomic mass is 10.1. The van der Waals surface area contributed by atoms with Gasteiger partial charge >= 0.3 is 0 Å². The fourth-order valence-electron chi connectivity index (χ4n) is 2.08. The molecule has 1 atom stereocenters. The van der Waals surface area contributed by atoms with Gasteiger partial charge in [0.1, 0.15) is 6.04 Å². The molecule has 1 aromatic carbocycles. The summed E-state index contributed by atoms with van der Waals surface area (Å²) in [7, 11) is 0. The first-order chi connectivity index (χ1) is 9.78. The Morgan fingerprint density at radius 2 is 1.95 bits per heavy atom. The van der Waals surface area contributed by atoms with Gasteiger partial charge in [0.15, 0.2) is 0 Å². The van der Waals surface area contributed by atoms with Crippen LogP contribution in [0.5, 0.6) is 0 Å². The number of benzene rings is 1. The van der Waals surface area contributed by atoms with Gasteiger partial charge in [-0.3, -0.25) is 9.78 Å². The maximum Gasteiger partial charge on any atom is 0.242 e. The zero-order chi connectivity index (χ0) is 15.6. The number of carbonyl (C=O) groups is 1. The van der Waals surface area contributed by atoms with E-state index in [1.54, 1.807) is 6.20 Å². The van der Waals surface area contributed by atoms with E-state index < -0.39 is 6.04 Å². The minimum atomic E-state index is -0.391. The Bertz CT molecular complexity index is 661. The van der Waals surface area contributed by atoms with Crippen molar-refractivity contribution in [3.05, 3.63) is 30.5 Å². The van der Waals surface area contributed by atoms with E-state index in [1.807, 2.05) is 52.0 Å². The minimum Gasteiger partial charge on any atom is -0.396 e. The third kappa shape index (κ3) is 3.62. The third-order valence-electron chi connectivity index (χ3n) is 3.06. The number of amides is 1. The Balaban J connectivity index is 2.27. The van der Waals surface area contributed by atoms with Gasteiger partial charge in [-0.2, -0.15) is 0 Å². The maximum absolute atomic E-state index is 12.2. The molecular weight excluding hydrogens is 264 g/mol. The highest BCUT2D eigenvalue weighted by Gasteiger charge is 2.20. The normalized spacial score (nSPS) is 13.0. The standard InChI is InChI=1S/C16H22N4O/c1-10(15(21)20-16(2,3)4)19-14-11-7-5-6-8-13(11)18-9-12(14)17/h5-10H,17H2,1-4H3,(H,18,19)(H,20,21). The van der Waals surface area contributed by atoms with Crippen LogP contribution in [-0.4, -0.2) is 22.5 Å². The monoisotopic (exact) mass is 286 g/mol. The van der Waals surface area contributed by atoms with Gasteiger partial charge in [0.05, 0.1) is 23.1 Å². The van der Waals surface area contributed by atoms with Crippen LogP contribution in [0.2, 0.25) is 0 Å². The fourth-order valence-corrected chi connectivity index (χ4v) is 2.08. The average Bonchev–Trinajstić information content (AvgIpc) is 2.40. The van der Waals surface area contributed by atoms with E-state index in [-0.39, 0.29) is 11.4 Å². The zero-order valence-corrected chi connectivity index (χ0v) is 12.9. The van der Waals surface area contributed by atoms with Crippen LogP contribution in [0, 0.1) is 0 Å². The molecule has 0 saturated carbocycles. The molecule has 2 aromatic rings. The minimum absolute atomic E-state index is 0.0669. The Hall–Kier alpha value is -2.30. The van der Waals surface area contributed by atoms with Crippen LogP contribution >= 0.6 is 0 Å². The van der Waals surface area contributed by atoms with E-state index in [0.717, 1.165) is 16.6 Å². The van der Waals surface area contributed by atoms with Gasteiger partial charge in [0.2, 0.25) is 5.91 Å². The molecule has 0 aliphatic rings. The van der Waals surface area contributed by atoms with Crippen molar-refractivity contribution in [1.82, 2.24) is 10.3 Å². The second-order valence-electron chi connectivity index (χ2n) is 6.21. The molecule has 0 fully saturated rings. The zero-order valence-electron chi connectivity index (χ0n) is 12.9. The molecule has 112 valence electrons. The molecule has 21 heavy (non-hydrogen) atoms. The van der Waals surface area contributed by atoms with Crippen molar-refractivity contribution in [3.63, 3.8) is 0 Å². The van der Waals surface area contributed by atoms with Crippen molar-refractivity contribution < 1.29 is 4.79 Å². The second-order valence-corrected chi connectivity index (χ2v) is 6.21. The van der Waals surface area contributed by atoms with Gasteiger partial charge in [-0.1, -0.05) is 18.2 Å². The molecule has 0 radical (unpaired) electrons. The second kappa shape index (κ2) is 5.60. The summed E-state index contributed by atoms with van der Waals surface area (Å²) in [5, 5.41) is 7.06. The first-order valence-corrected chi connectivity index (χ1v) is 7.00. The lowest BCUT2D eigenvalue weighted by Crippen LogP contribution is -2.47. The highest BCUT2D eigenvalue weighted by atomic mass is 16.2. The number of fused-ring (bicyclic) bond motifs is 1. The predicted octanol–water partition coefficient (Wildman–Crippen LogP) is 2.53. The number of nitrogens with one attached hydrogen (secondary N) is 2. The first kappa shape index (κ1) is 15.1. The number of rotatable bonds is 3. The van der Waals surface area contributed by atoms with Crippen LogP contribution in [0.1, 0.15) is 27.7 Å². The summed E-state index contributed by atoms with van der Waals surface area (Å²) in [6, 6.07) is 7.31. The van der Waals surface area contributed by atoms with Gasteiger partial charge in [-0.25, -0.2) is 0 Å². The molecular formula is C16H22N4O. The first-order valence-electron chi connectivity index (χ1n) is 7.00. The highest BCUT2D eigenvalue weighted by Crippen LogP contribution is 2.28. The molecule has 1 heterocycles. The number of aromatic nitrogens is 1. The molecule has 2 rings (SSSR count). The van der Waals surface area contributed by atoms with E-state index in [2.05, 4.69) is 15.6 Å². The van der Waals surface area contributed by atoms with Crippen LogP contribution in [0.3, 0.4) is 0 Å². The largest absolute Gasteiger partial charge is 0.396 e. The number of nitrogen functional groups attached to an aromatic ring is 1. The number of para-hydroxylation sites is 1. The number of carbonyl (C=O) groups excluding carboxylic acids is 1. The smallest absolute Gasteiger partial charge is 0.242 e. The quantitative estimate of drug-likeness (QED) is 0.810. The molecule has 1 aromatic heterocycles. The van der Waals surface area contributed by atoms with Gasteiger partial charge in [0.25, 0.3) is 0 Å². The van der Waals surface area contributed by atoms with E-state index in [1.165, 1.54) is 0 Å². The maximum atomic E-state index is 12.2. The van der Waals surface area contributed by atoms with Crippen LogP contribution in [0.15, 0.2) is 30.5 Å². The molecule has 0 saturated heterocycles. The van der Waals surface area contributed by atoms with Crippen molar-refractivity contribution in [3.8, 4) is 0 Å². The summed E-state index contributed by atoms with van der Waals surface area (Å²) < 4.78 is 0. The average molecular weight is 286 g/mol. The van der Waals surface area contributed by atoms with E-state index in [0.29, 0.717) is 5.69 Å². The summed E-state index contributed by atoms with van der Waals surface area (Å²) in [4.78, 5) is 16.5. The lowest BCUT2D eigenvalue weighted by molar-refractivity contribution is -0.122. The Morgan fingerprint density at radius 3 is 2.62 bits per heavy atom. The van der Waals surface area contributed by atoms with Crippen molar-refractivity contribution in [2.75, 3.05) is 11.1 Å². The van der Waals surface area contributed by atoms with Gasteiger partial charge in [-0.05, 0) is 33.8 Å². The molecule has 1 amide bonds. The number of hydrogen-bond acceptors (Lipinski definition) is 4. The van der Waals surface area contributed by atoms with Crippen LogP contribution in [-0.2, 0) is 4.79 Å². The van der Waals surface area contributed by atoms with Crippen LogP contribution in [0.25, 0.3) is 10.9 Å². The topological polar surface area (TPSA) is 80.0 Å². The van der Waals surface area contributed by atoms with Crippen LogP contribution < -0.4 is 16.4 Å². The van der Waals surface area contributed by atoms with Gasteiger partial charge in [-0.15, -0.1) is 0 Å². The molecule has 0 aliphatic heterocycles.